The highest BCUT2D eigenvalue weighted by molar-refractivity contribution is 7.89. The lowest BCUT2D eigenvalue weighted by molar-refractivity contribution is 0.0939. The number of sulfonamides is 1. The average Bonchev–Trinajstić information content (AvgIpc) is 3.56. The first kappa shape index (κ1) is 23.1. The zero-order valence-electron chi connectivity index (χ0n) is 17.9. The topological polar surface area (TPSA) is 78.5 Å². The Morgan fingerprint density at radius 1 is 1.06 bits per heavy atom. The minimum Gasteiger partial charge on any atom is -0.349 e. The molecule has 3 heterocycles. The van der Waals surface area contributed by atoms with Crippen LogP contribution in [0.25, 0.3) is 0 Å². The van der Waals surface area contributed by atoms with E-state index < -0.39 is 10.0 Å². The SMILES string of the molecule is Cc1ccc(C(CNC(=O)c2sccc2S(=O)(=O)NCc2cccs2)N2CCCC2)cc1. The lowest BCUT2D eigenvalue weighted by Gasteiger charge is -2.28. The van der Waals surface area contributed by atoms with Crippen molar-refractivity contribution < 1.29 is 13.2 Å². The van der Waals surface area contributed by atoms with Gasteiger partial charge in [0.15, 0.2) is 0 Å². The molecule has 0 radical (unpaired) electrons. The van der Waals surface area contributed by atoms with Gasteiger partial charge in [0.25, 0.3) is 5.91 Å². The van der Waals surface area contributed by atoms with Gasteiger partial charge in [0.05, 0.1) is 6.04 Å². The molecule has 1 atom stereocenters. The molecule has 3 aromatic rings. The number of likely N-dealkylation sites (tertiary alicyclic amines) is 1. The Morgan fingerprint density at radius 2 is 1.81 bits per heavy atom. The van der Waals surface area contributed by atoms with Gasteiger partial charge in [-0.05, 0) is 61.3 Å². The van der Waals surface area contributed by atoms with Gasteiger partial charge in [-0.2, -0.15) is 0 Å². The van der Waals surface area contributed by atoms with Crippen molar-refractivity contribution in [2.75, 3.05) is 19.6 Å². The summed E-state index contributed by atoms with van der Waals surface area (Å²) in [4.78, 5) is 16.6. The molecule has 0 saturated carbocycles. The van der Waals surface area contributed by atoms with Crippen molar-refractivity contribution in [2.45, 2.75) is 37.2 Å². The number of nitrogens with zero attached hydrogens (tertiary/aromatic N) is 1. The Balaban J connectivity index is 1.46. The first-order chi connectivity index (χ1) is 15.4. The summed E-state index contributed by atoms with van der Waals surface area (Å²) in [6.07, 6.45) is 2.30. The van der Waals surface area contributed by atoms with Crippen molar-refractivity contribution in [3.8, 4) is 0 Å². The van der Waals surface area contributed by atoms with E-state index in [-0.39, 0.29) is 28.3 Å². The first-order valence-electron chi connectivity index (χ1n) is 10.6. The van der Waals surface area contributed by atoms with Gasteiger partial charge < -0.3 is 5.32 Å². The van der Waals surface area contributed by atoms with E-state index in [4.69, 9.17) is 0 Å². The number of carbonyl (C=O) groups excluding carboxylic acids is 1. The number of hydrogen-bond donors (Lipinski definition) is 2. The summed E-state index contributed by atoms with van der Waals surface area (Å²) in [5.41, 5.74) is 2.36. The van der Waals surface area contributed by atoms with Crippen LogP contribution in [-0.4, -0.2) is 38.9 Å². The van der Waals surface area contributed by atoms with Crippen LogP contribution in [0.1, 0.15) is 44.6 Å². The lowest BCUT2D eigenvalue weighted by Crippen LogP contribution is -2.37. The van der Waals surface area contributed by atoms with Crippen LogP contribution >= 0.6 is 22.7 Å². The van der Waals surface area contributed by atoms with E-state index in [1.165, 1.54) is 23.0 Å². The van der Waals surface area contributed by atoms with Crippen molar-refractivity contribution in [2.24, 2.45) is 0 Å². The predicted octanol–water partition coefficient (Wildman–Crippen LogP) is 4.16. The third-order valence-electron chi connectivity index (χ3n) is 5.64. The summed E-state index contributed by atoms with van der Waals surface area (Å²) in [5, 5.41) is 6.54. The number of nitrogens with one attached hydrogen (secondary N) is 2. The van der Waals surface area contributed by atoms with Crippen LogP contribution in [0.15, 0.2) is 58.1 Å². The van der Waals surface area contributed by atoms with Crippen molar-refractivity contribution in [3.63, 3.8) is 0 Å². The highest BCUT2D eigenvalue weighted by Gasteiger charge is 2.27. The second kappa shape index (κ2) is 10.3. The largest absolute Gasteiger partial charge is 0.349 e. The molecule has 6 nitrogen and oxygen atoms in total. The molecular formula is C23H27N3O3S3. The molecule has 1 aromatic carbocycles. The first-order valence-corrected chi connectivity index (χ1v) is 13.9. The molecule has 0 bridgehead atoms. The van der Waals surface area contributed by atoms with Crippen molar-refractivity contribution in [1.82, 2.24) is 14.9 Å². The fraction of sp³-hybridized carbons (Fsp3) is 0.348. The van der Waals surface area contributed by atoms with Crippen LogP contribution in [0.3, 0.4) is 0 Å². The normalized spacial score (nSPS) is 15.7. The zero-order chi connectivity index (χ0) is 22.6. The van der Waals surface area contributed by atoms with Crippen molar-refractivity contribution in [1.29, 1.82) is 0 Å². The van der Waals surface area contributed by atoms with Gasteiger partial charge in [0.2, 0.25) is 10.0 Å². The van der Waals surface area contributed by atoms with Crippen LogP contribution in [0.2, 0.25) is 0 Å². The van der Waals surface area contributed by atoms with Gasteiger partial charge in [0.1, 0.15) is 9.77 Å². The smallest absolute Gasteiger partial charge is 0.262 e. The highest BCUT2D eigenvalue weighted by atomic mass is 32.2. The second-order valence-electron chi connectivity index (χ2n) is 7.90. The van der Waals surface area contributed by atoms with Gasteiger partial charge in [-0.25, -0.2) is 13.1 Å². The fourth-order valence-corrected chi connectivity index (χ4v) is 6.99. The number of thiophene rings is 2. The van der Waals surface area contributed by atoms with Gasteiger partial charge in [-0.3, -0.25) is 9.69 Å². The van der Waals surface area contributed by atoms with Crippen molar-refractivity contribution in [3.05, 3.63) is 74.1 Å². The van der Waals surface area contributed by atoms with Gasteiger partial charge >= 0.3 is 0 Å². The summed E-state index contributed by atoms with van der Waals surface area (Å²) >= 11 is 2.63. The molecule has 1 fully saturated rings. The maximum atomic E-state index is 13.0. The quantitative estimate of drug-likeness (QED) is 0.473. The fourth-order valence-electron chi connectivity index (χ4n) is 3.90. The molecule has 1 unspecified atom stereocenters. The molecule has 1 amide bonds. The second-order valence-corrected chi connectivity index (χ2v) is 11.6. The molecule has 1 aliphatic heterocycles. The molecule has 1 aliphatic rings. The standard InChI is InChI=1S/C23H27N3O3S3/c1-17-6-8-18(9-7-17)20(26-11-2-3-12-26)16-24-23(27)22-21(10-14-31-22)32(28,29)25-15-19-5-4-13-30-19/h4-10,13-14,20,25H,2-3,11-12,15-16H2,1H3,(H,24,27). The molecule has 2 N–H and O–H groups in total. The lowest BCUT2D eigenvalue weighted by atomic mass is 10.0. The third-order valence-corrected chi connectivity index (χ3v) is 9.00. The van der Waals surface area contributed by atoms with Gasteiger partial charge in [0, 0.05) is 18.0 Å². The average molecular weight is 490 g/mol. The van der Waals surface area contributed by atoms with Crippen molar-refractivity contribution >= 4 is 38.6 Å². The molecule has 0 spiro atoms. The Hall–Kier alpha value is -2.04. The summed E-state index contributed by atoms with van der Waals surface area (Å²) in [7, 11) is -3.78. The van der Waals surface area contributed by atoms with Crippen LogP contribution in [0, 0.1) is 6.92 Å². The maximum Gasteiger partial charge on any atom is 0.262 e. The third kappa shape index (κ3) is 5.47. The molecule has 4 rings (SSSR count). The number of hydrogen-bond acceptors (Lipinski definition) is 6. The van der Waals surface area contributed by atoms with E-state index in [1.54, 1.807) is 5.38 Å². The highest BCUT2D eigenvalue weighted by Crippen LogP contribution is 2.26. The summed E-state index contributed by atoms with van der Waals surface area (Å²) in [5.74, 6) is -0.354. The predicted molar refractivity (Wildman–Crippen MR) is 130 cm³/mol. The molecule has 1 saturated heterocycles. The minimum absolute atomic E-state index is 0.0321. The van der Waals surface area contributed by atoms with Gasteiger partial charge in [-0.15, -0.1) is 22.7 Å². The van der Waals surface area contributed by atoms with E-state index in [0.29, 0.717) is 6.54 Å². The Labute approximate surface area is 197 Å². The van der Waals surface area contributed by atoms with Crippen LogP contribution in [0.4, 0.5) is 0 Å². The Morgan fingerprint density at radius 3 is 2.50 bits per heavy atom. The number of carbonyl (C=O) groups is 1. The summed E-state index contributed by atoms with van der Waals surface area (Å²) < 4.78 is 28.3. The minimum atomic E-state index is -3.78. The van der Waals surface area contributed by atoms with E-state index in [9.17, 15) is 13.2 Å². The number of aryl methyl sites for hydroxylation is 1. The monoisotopic (exact) mass is 489 g/mol. The van der Waals surface area contributed by atoms with E-state index >= 15 is 0 Å². The molecular weight excluding hydrogens is 462 g/mol. The van der Waals surface area contributed by atoms with Crippen LogP contribution < -0.4 is 10.0 Å². The maximum absolute atomic E-state index is 13.0. The van der Waals surface area contributed by atoms with E-state index in [1.807, 2.05) is 17.5 Å². The van der Waals surface area contributed by atoms with E-state index in [0.717, 1.165) is 47.7 Å². The molecule has 32 heavy (non-hydrogen) atoms. The Bertz CT molecular complexity index is 1130. The van der Waals surface area contributed by atoms with Gasteiger partial charge in [-0.1, -0.05) is 35.9 Å². The molecule has 9 heteroatoms. The summed E-state index contributed by atoms with van der Waals surface area (Å²) in [6.45, 7) is 4.70. The van der Waals surface area contributed by atoms with Crippen LogP contribution in [0.5, 0.6) is 0 Å². The molecule has 170 valence electrons. The number of benzene rings is 1. The van der Waals surface area contributed by atoms with E-state index in [2.05, 4.69) is 46.1 Å². The molecule has 2 aromatic heterocycles. The van der Waals surface area contributed by atoms with Crippen LogP contribution in [-0.2, 0) is 16.6 Å². The zero-order valence-corrected chi connectivity index (χ0v) is 20.4. The number of rotatable bonds is 9. The number of amides is 1. The summed E-state index contributed by atoms with van der Waals surface area (Å²) in [6, 6.07) is 13.7. The Kier molecular flexibility index (Phi) is 7.42. The molecule has 0 aliphatic carbocycles.